The van der Waals surface area contributed by atoms with Crippen molar-refractivity contribution in [2.75, 3.05) is 52.9 Å². The van der Waals surface area contributed by atoms with Gasteiger partial charge >= 0.3 is 0 Å². The van der Waals surface area contributed by atoms with Crippen molar-refractivity contribution >= 4 is 0 Å². The summed E-state index contributed by atoms with van der Waals surface area (Å²) < 4.78 is 34.9. The molecule has 32 heavy (non-hydrogen) atoms. The van der Waals surface area contributed by atoms with E-state index in [1.165, 1.54) is 0 Å². The fraction of sp³-hybridized carbons (Fsp3) is 0.538. The van der Waals surface area contributed by atoms with Crippen molar-refractivity contribution in [3.63, 3.8) is 0 Å². The zero-order valence-corrected chi connectivity index (χ0v) is 19.0. The molecule has 0 aromatic heterocycles. The summed E-state index contributed by atoms with van der Waals surface area (Å²) in [7, 11) is 0. The Morgan fingerprint density at radius 3 is 1.44 bits per heavy atom. The maximum absolute atomic E-state index is 6.13. The standard InChI is InChI=1S/C26H36O6/c1-4-12-26-23(9-1)21-30-19-7-17-28-15-5-13-27-14-6-16-29-18-8-20-31-25-11-3-2-10-24(25)22-32-26/h1-4,9-12H,5-8,13-22H2. The highest BCUT2D eigenvalue weighted by Crippen LogP contribution is 2.24. The van der Waals surface area contributed by atoms with Crippen molar-refractivity contribution in [2.24, 2.45) is 0 Å². The van der Waals surface area contributed by atoms with Crippen molar-refractivity contribution in [3.05, 3.63) is 59.7 Å². The van der Waals surface area contributed by atoms with E-state index in [-0.39, 0.29) is 0 Å². The molecule has 0 spiro atoms. The molecule has 1 aliphatic heterocycles. The lowest BCUT2D eigenvalue weighted by Crippen LogP contribution is -2.09. The van der Waals surface area contributed by atoms with Gasteiger partial charge in [0.2, 0.25) is 0 Å². The number of para-hydroxylation sites is 2. The van der Waals surface area contributed by atoms with E-state index >= 15 is 0 Å². The molecule has 6 heteroatoms. The Hall–Kier alpha value is -2.12. The molecule has 0 N–H and O–H groups in total. The Labute approximate surface area is 191 Å². The van der Waals surface area contributed by atoms with Crippen LogP contribution in [0.3, 0.4) is 0 Å². The summed E-state index contributed by atoms with van der Waals surface area (Å²) in [5.74, 6) is 1.69. The Balaban J connectivity index is 1.54. The second kappa shape index (κ2) is 15.6. The van der Waals surface area contributed by atoms with E-state index in [2.05, 4.69) is 0 Å². The fourth-order valence-corrected chi connectivity index (χ4v) is 3.30. The van der Waals surface area contributed by atoms with E-state index in [1.54, 1.807) is 0 Å². The van der Waals surface area contributed by atoms with Crippen LogP contribution in [0.5, 0.6) is 11.5 Å². The first kappa shape index (κ1) is 24.5. The van der Waals surface area contributed by atoms with Gasteiger partial charge in [-0.3, -0.25) is 0 Å². The molecule has 3 rings (SSSR count). The molecule has 0 radical (unpaired) electrons. The van der Waals surface area contributed by atoms with Crippen LogP contribution in [-0.4, -0.2) is 52.9 Å². The zero-order chi connectivity index (χ0) is 22.1. The van der Waals surface area contributed by atoms with Crippen LogP contribution >= 0.6 is 0 Å². The minimum Gasteiger partial charge on any atom is -0.493 e. The van der Waals surface area contributed by atoms with E-state index in [1.807, 2.05) is 48.5 Å². The average molecular weight is 445 g/mol. The van der Waals surface area contributed by atoms with E-state index < -0.39 is 0 Å². The highest BCUT2D eigenvalue weighted by molar-refractivity contribution is 5.36. The summed E-state index contributed by atoms with van der Waals surface area (Å²) in [6.07, 6.45) is 3.52. The molecular formula is C26H36O6. The minimum absolute atomic E-state index is 0.442. The van der Waals surface area contributed by atoms with Crippen LogP contribution < -0.4 is 9.47 Å². The molecule has 0 atom stereocenters. The van der Waals surface area contributed by atoms with Gasteiger partial charge in [-0.1, -0.05) is 36.4 Å². The lowest BCUT2D eigenvalue weighted by Gasteiger charge is -2.15. The SMILES string of the molecule is c1ccc2c(c1)COCCCOCCCOCCCOCCCOc1ccccc1CO2. The van der Waals surface area contributed by atoms with Gasteiger partial charge < -0.3 is 28.4 Å². The molecule has 0 saturated carbocycles. The summed E-state index contributed by atoms with van der Waals surface area (Å²) >= 11 is 0. The molecule has 2 aromatic carbocycles. The Morgan fingerprint density at radius 2 is 0.844 bits per heavy atom. The second-order valence-corrected chi connectivity index (χ2v) is 7.66. The van der Waals surface area contributed by atoms with Crippen LogP contribution in [0.25, 0.3) is 0 Å². The van der Waals surface area contributed by atoms with Crippen LogP contribution in [0.1, 0.15) is 36.8 Å². The van der Waals surface area contributed by atoms with Crippen molar-refractivity contribution in [1.82, 2.24) is 0 Å². The monoisotopic (exact) mass is 444 g/mol. The number of ether oxygens (including phenoxy) is 6. The van der Waals surface area contributed by atoms with E-state index in [0.29, 0.717) is 52.9 Å². The normalized spacial score (nSPS) is 18.8. The van der Waals surface area contributed by atoms with Gasteiger partial charge in [0.05, 0.1) is 13.2 Å². The molecule has 0 saturated heterocycles. The highest BCUT2D eigenvalue weighted by atomic mass is 16.5. The van der Waals surface area contributed by atoms with Crippen LogP contribution in [0, 0.1) is 0 Å². The molecule has 0 bridgehead atoms. The van der Waals surface area contributed by atoms with Gasteiger partial charge in [0.15, 0.2) is 0 Å². The van der Waals surface area contributed by atoms with Gasteiger partial charge in [-0.15, -0.1) is 0 Å². The summed E-state index contributed by atoms with van der Waals surface area (Å²) in [6, 6.07) is 16.0. The quantitative estimate of drug-likeness (QED) is 0.583. The molecule has 6 nitrogen and oxygen atoms in total. The molecule has 176 valence electrons. The summed E-state index contributed by atoms with van der Waals surface area (Å²) in [5.41, 5.74) is 2.06. The average Bonchev–Trinajstić information content (AvgIpc) is 2.82. The van der Waals surface area contributed by atoms with Crippen molar-refractivity contribution in [2.45, 2.75) is 38.9 Å². The summed E-state index contributed by atoms with van der Waals surface area (Å²) in [6.45, 7) is 6.47. The van der Waals surface area contributed by atoms with E-state index in [0.717, 1.165) is 61.5 Å². The molecule has 2 aromatic rings. The van der Waals surface area contributed by atoms with Crippen LogP contribution in [0.2, 0.25) is 0 Å². The fourth-order valence-electron chi connectivity index (χ4n) is 3.30. The third-order valence-electron chi connectivity index (χ3n) is 5.01. The third-order valence-corrected chi connectivity index (χ3v) is 5.01. The lowest BCUT2D eigenvalue weighted by atomic mass is 10.2. The molecule has 0 aliphatic carbocycles. The molecule has 0 fully saturated rings. The van der Waals surface area contributed by atoms with Crippen LogP contribution in [0.4, 0.5) is 0 Å². The summed E-state index contributed by atoms with van der Waals surface area (Å²) in [4.78, 5) is 0. The van der Waals surface area contributed by atoms with E-state index in [4.69, 9.17) is 28.4 Å². The first-order chi connectivity index (χ1) is 15.9. The molecular weight excluding hydrogens is 408 g/mol. The highest BCUT2D eigenvalue weighted by Gasteiger charge is 2.08. The molecule has 0 unspecified atom stereocenters. The Morgan fingerprint density at radius 1 is 0.406 bits per heavy atom. The number of benzene rings is 2. The third kappa shape index (κ3) is 9.57. The largest absolute Gasteiger partial charge is 0.493 e. The topological polar surface area (TPSA) is 55.4 Å². The van der Waals surface area contributed by atoms with Crippen molar-refractivity contribution in [3.8, 4) is 11.5 Å². The zero-order valence-electron chi connectivity index (χ0n) is 19.0. The molecule has 0 amide bonds. The smallest absolute Gasteiger partial charge is 0.125 e. The maximum atomic E-state index is 6.13. The van der Waals surface area contributed by atoms with Gasteiger partial charge in [-0.25, -0.2) is 0 Å². The Bertz CT molecular complexity index is 687. The number of rotatable bonds is 0. The molecule has 1 heterocycles. The number of fused-ring (bicyclic) bond motifs is 2. The van der Waals surface area contributed by atoms with Gasteiger partial charge in [0.25, 0.3) is 0 Å². The van der Waals surface area contributed by atoms with Crippen molar-refractivity contribution in [1.29, 1.82) is 0 Å². The van der Waals surface area contributed by atoms with Gasteiger partial charge in [0, 0.05) is 63.8 Å². The number of hydrogen-bond acceptors (Lipinski definition) is 6. The van der Waals surface area contributed by atoms with Crippen LogP contribution in [0.15, 0.2) is 48.5 Å². The Kier molecular flexibility index (Phi) is 12.0. The first-order valence-corrected chi connectivity index (χ1v) is 11.7. The number of hydrogen-bond donors (Lipinski definition) is 0. The van der Waals surface area contributed by atoms with Gasteiger partial charge in [-0.05, 0) is 31.4 Å². The van der Waals surface area contributed by atoms with Crippen LogP contribution in [-0.2, 0) is 32.2 Å². The maximum Gasteiger partial charge on any atom is 0.125 e. The predicted molar refractivity (Wildman–Crippen MR) is 123 cm³/mol. The summed E-state index contributed by atoms with van der Waals surface area (Å²) in [5, 5.41) is 0. The second-order valence-electron chi connectivity index (χ2n) is 7.66. The van der Waals surface area contributed by atoms with Crippen molar-refractivity contribution < 1.29 is 28.4 Å². The van der Waals surface area contributed by atoms with Gasteiger partial charge in [0.1, 0.15) is 18.1 Å². The molecule has 1 aliphatic rings. The van der Waals surface area contributed by atoms with E-state index in [9.17, 15) is 0 Å². The van der Waals surface area contributed by atoms with Gasteiger partial charge in [-0.2, -0.15) is 0 Å². The predicted octanol–water partition coefficient (Wildman–Crippen LogP) is 4.78. The first-order valence-electron chi connectivity index (χ1n) is 11.7. The minimum atomic E-state index is 0.442. The lowest BCUT2D eigenvalue weighted by molar-refractivity contribution is 0.0504.